The number of hydrogen-bond acceptors (Lipinski definition) is 4. The Kier molecular flexibility index (Phi) is 6.89. The van der Waals surface area contributed by atoms with Gasteiger partial charge >= 0.3 is 0 Å². The summed E-state index contributed by atoms with van der Waals surface area (Å²) in [6.07, 6.45) is 3.38. The number of pyridine rings is 1. The molecule has 106 valence electrons. The minimum Gasteiger partial charge on any atom is -0.359 e. The highest BCUT2D eigenvalue weighted by Crippen LogP contribution is 2.15. The average Bonchev–Trinajstić information content (AvgIpc) is 2.45. The van der Waals surface area contributed by atoms with Gasteiger partial charge in [0.25, 0.3) is 0 Å². The second kappa shape index (κ2) is 8.48. The molecule has 1 aromatic heterocycles. The molecule has 1 amide bonds. The number of nitrogens with one attached hydrogen (secondary N) is 2. The van der Waals surface area contributed by atoms with Crippen molar-refractivity contribution in [2.45, 2.75) is 26.3 Å². The van der Waals surface area contributed by atoms with Crippen molar-refractivity contribution in [1.82, 2.24) is 15.6 Å². The fourth-order valence-electron chi connectivity index (χ4n) is 1.81. The van der Waals surface area contributed by atoms with Crippen molar-refractivity contribution in [1.29, 1.82) is 0 Å². The van der Waals surface area contributed by atoms with Crippen LogP contribution >= 0.6 is 0 Å². The van der Waals surface area contributed by atoms with E-state index in [2.05, 4.69) is 28.6 Å². The first kappa shape index (κ1) is 15.4. The van der Waals surface area contributed by atoms with Gasteiger partial charge < -0.3 is 15.5 Å². The topological polar surface area (TPSA) is 57.3 Å². The zero-order chi connectivity index (χ0) is 14.1. The van der Waals surface area contributed by atoms with Crippen LogP contribution in [0.15, 0.2) is 18.3 Å². The molecule has 0 aromatic carbocycles. The molecule has 0 aliphatic rings. The number of nitrogens with zero attached hydrogens (tertiary/aromatic N) is 2. The number of carbonyl (C=O) groups is 1. The van der Waals surface area contributed by atoms with Crippen molar-refractivity contribution in [3.05, 3.63) is 23.9 Å². The first-order valence-electron chi connectivity index (χ1n) is 6.75. The van der Waals surface area contributed by atoms with Crippen molar-refractivity contribution in [2.75, 3.05) is 32.1 Å². The summed E-state index contributed by atoms with van der Waals surface area (Å²) in [6, 6.07) is 4.01. The molecule has 0 aliphatic carbocycles. The average molecular weight is 264 g/mol. The summed E-state index contributed by atoms with van der Waals surface area (Å²) in [4.78, 5) is 17.7. The molecular weight excluding hydrogens is 240 g/mol. The van der Waals surface area contributed by atoms with Gasteiger partial charge in [-0.15, -0.1) is 0 Å². The van der Waals surface area contributed by atoms with Crippen molar-refractivity contribution in [2.24, 2.45) is 0 Å². The molecule has 1 rings (SSSR count). The molecule has 0 radical (unpaired) electrons. The summed E-state index contributed by atoms with van der Waals surface area (Å²) in [7, 11) is 3.62. The molecule has 5 nitrogen and oxygen atoms in total. The Morgan fingerprint density at radius 3 is 2.95 bits per heavy atom. The van der Waals surface area contributed by atoms with Crippen LogP contribution < -0.4 is 15.5 Å². The van der Waals surface area contributed by atoms with Crippen LogP contribution in [0.25, 0.3) is 0 Å². The first-order valence-corrected chi connectivity index (χ1v) is 6.75. The van der Waals surface area contributed by atoms with E-state index in [9.17, 15) is 4.79 Å². The van der Waals surface area contributed by atoms with Crippen molar-refractivity contribution >= 4 is 11.7 Å². The normalized spacial score (nSPS) is 10.3. The summed E-state index contributed by atoms with van der Waals surface area (Å²) in [6.45, 7) is 4.61. The lowest BCUT2D eigenvalue weighted by atomic mass is 10.2. The van der Waals surface area contributed by atoms with Crippen molar-refractivity contribution in [3.8, 4) is 0 Å². The maximum absolute atomic E-state index is 11.3. The summed E-state index contributed by atoms with van der Waals surface area (Å²) in [5.74, 6) is 0.989. The zero-order valence-electron chi connectivity index (χ0n) is 12.1. The van der Waals surface area contributed by atoms with Crippen molar-refractivity contribution in [3.63, 3.8) is 0 Å². The van der Waals surface area contributed by atoms with E-state index in [0.717, 1.165) is 30.9 Å². The predicted octanol–water partition coefficient (Wildman–Crippen LogP) is 1.15. The van der Waals surface area contributed by atoms with E-state index in [1.807, 2.05) is 18.0 Å². The summed E-state index contributed by atoms with van der Waals surface area (Å²) in [5.41, 5.74) is 1.16. The lowest BCUT2D eigenvalue weighted by molar-refractivity contribution is -0.120. The summed E-state index contributed by atoms with van der Waals surface area (Å²) in [5, 5.41) is 6.01. The molecule has 0 saturated heterocycles. The largest absolute Gasteiger partial charge is 0.359 e. The Hall–Kier alpha value is -1.62. The number of aromatic nitrogens is 1. The van der Waals surface area contributed by atoms with Gasteiger partial charge in [-0.1, -0.05) is 13.0 Å². The van der Waals surface area contributed by atoms with Crippen LogP contribution in [0, 0.1) is 0 Å². The van der Waals surface area contributed by atoms with Gasteiger partial charge in [0, 0.05) is 45.4 Å². The number of carbonyl (C=O) groups excluding carboxylic acids is 1. The molecule has 0 spiro atoms. The van der Waals surface area contributed by atoms with Crippen LogP contribution in [0.3, 0.4) is 0 Å². The Bertz CT molecular complexity index is 395. The Morgan fingerprint density at radius 1 is 1.47 bits per heavy atom. The number of rotatable bonds is 8. The third-order valence-electron chi connectivity index (χ3n) is 2.92. The molecule has 1 heterocycles. The van der Waals surface area contributed by atoms with E-state index in [-0.39, 0.29) is 5.91 Å². The van der Waals surface area contributed by atoms with E-state index in [0.29, 0.717) is 13.0 Å². The quantitative estimate of drug-likeness (QED) is 0.692. The van der Waals surface area contributed by atoms with Gasteiger partial charge in [0.2, 0.25) is 5.91 Å². The highest BCUT2D eigenvalue weighted by atomic mass is 16.1. The summed E-state index contributed by atoms with van der Waals surface area (Å²) >= 11 is 0. The molecule has 0 fully saturated rings. The SMILES string of the molecule is CCCNCc1cccnc1N(C)CCC(=O)NC. The minimum absolute atomic E-state index is 0.0495. The third-order valence-corrected chi connectivity index (χ3v) is 2.92. The smallest absolute Gasteiger partial charge is 0.221 e. The van der Waals surface area contributed by atoms with Crippen molar-refractivity contribution < 1.29 is 4.79 Å². The first-order chi connectivity index (χ1) is 9.19. The molecule has 0 bridgehead atoms. The number of amides is 1. The molecule has 19 heavy (non-hydrogen) atoms. The van der Waals surface area contributed by atoms with E-state index in [4.69, 9.17) is 0 Å². The fourth-order valence-corrected chi connectivity index (χ4v) is 1.81. The second-order valence-corrected chi connectivity index (χ2v) is 4.51. The Balaban J connectivity index is 2.62. The van der Waals surface area contributed by atoms with Crippen LogP contribution in [-0.2, 0) is 11.3 Å². The molecule has 0 aliphatic heterocycles. The number of anilines is 1. The second-order valence-electron chi connectivity index (χ2n) is 4.51. The summed E-state index contributed by atoms with van der Waals surface area (Å²) < 4.78 is 0. The van der Waals surface area contributed by atoms with Gasteiger partial charge in [-0.3, -0.25) is 4.79 Å². The van der Waals surface area contributed by atoms with Gasteiger partial charge in [0.05, 0.1) is 0 Å². The lowest BCUT2D eigenvalue weighted by Gasteiger charge is -2.21. The lowest BCUT2D eigenvalue weighted by Crippen LogP contribution is -2.28. The molecule has 0 saturated carbocycles. The Labute approximate surface area is 115 Å². The van der Waals surface area contributed by atoms with E-state index < -0.39 is 0 Å². The molecule has 0 unspecified atom stereocenters. The standard InChI is InChI=1S/C14H24N4O/c1-4-8-16-11-12-6-5-9-17-14(12)18(3)10-7-13(19)15-2/h5-6,9,16H,4,7-8,10-11H2,1-3H3,(H,15,19). The highest BCUT2D eigenvalue weighted by Gasteiger charge is 2.09. The molecule has 0 atom stereocenters. The third kappa shape index (κ3) is 5.26. The molecule has 2 N–H and O–H groups in total. The predicted molar refractivity (Wildman–Crippen MR) is 78.2 cm³/mol. The molecular formula is C14H24N4O. The highest BCUT2D eigenvalue weighted by molar-refractivity contribution is 5.76. The van der Waals surface area contributed by atoms with Crippen LogP contribution in [0.1, 0.15) is 25.3 Å². The van der Waals surface area contributed by atoms with Gasteiger partial charge in [0.1, 0.15) is 5.82 Å². The van der Waals surface area contributed by atoms with Gasteiger partial charge in [-0.05, 0) is 19.0 Å². The molecule has 5 heteroatoms. The van der Waals surface area contributed by atoms with Crippen LogP contribution in [0.4, 0.5) is 5.82 Å². The van der Waals surface area contributed by atoms with Gasteiger partial charge in [-0.25, -0.2) is 4.98 Å². The van der Waals surface area contributed by atoms with E-state index >= 15 is 0 Å². The van der Waals surface area contributed by atoms with Crippen LogP contribution in [0.5, 0.6) is 0 Å². The monoisotopic (exact) mass is 264 g/mol. The fraction of sp³-hybridized carbons (Fsp3) is 0.571. The maximum Gasteiger partial charge on any atom is 0.221 e. The minimum atomic E-state index is 0.0495. The molecule has 1 aromatic rings. The van der Waals surface area contributed by atoms with Crippen LogP contribution in [0.2, 0.25) is 0 Å². The van der Waals surface area contributed by atoms with E-state index in [1.165, 1.54) is 0 Å². The number of hydrogen-bond donors (Lipinski definition) is 2. The Morgan fingerprint density at radius 2 is 2.26 bits per heavy atom. The van der Waals surface area contributed by atoms with Gasteiger partial charge in [0.15, 0.2) is 0 Å². The zero-order valence-corrected chi connectivity index (χ0v) is 12.1. The van der Waals surface area contributed by atoms with Crippen LogP contribution in [-0.4, -0.2) is 38.1 Å². The maximum atomic E-state index is 11.3. The van der Waals surface area contributed by atoms with E-state index in [1.54, 1.807) is 13.2 Å². The van der Waals surface area contributed by atoms with Gasteiger partial charge in [-0.2, -0.15) is 0 Å².